The molecule has 0 radical (unpaired) electrons. The van der Waals surface area contributed by atoms with Gasteiger partial charge in [-0.05, 0) is 63.3 Å². The second kappa shape index (κ2) is 15.3. The molecule has 2 N–H and O–H groups in total. The van der Waals surface area contributed by atoms with E-state index in [0.29, 0.717) is 12.0 Å². The van der Waals surface area contributed by atoms with Gasteiger partial charge in [-0.25, -0.2) is 13.2 Å². The minimum absolute atomic E-state index is 0.00442. The molecule has 230 valence electrons. The number of thioether (sulfide) groups is 1. The molecule has 12 heteroatoms. The molecule has 2 atom stereocenters. The number of hydrogen-bond acceptors (Lipinski definition) is 8. The summed E-state index contributed by atoms with van der Waals surface area (Å²) in [4.78, 5) is 41.8. The number of rotatable bonds is 15. The number of ketones is 1. The fourth-order valence-electron chi connectivity index (χ4n) is 4.93. The van der Waals surface area contributed by atoms with Crippen LogP contribution in [0.3, 0.4) is 0 Å². The third-order valence-electron chi connectivity index (χ3n) is 7.32. The Kier molecular flexibility index (Phi) is 12.1. The van der Waals surface area contributed by atoms with Crippen LogP contribution >= 0.6 is 11.8 Å². The van der Waals surface area contributed by atoms with Gasteiger partial charge in [-0.3, -0.25) is 9.59 Å². The van der Waals surface area contributed by atoms with Gasteiger partial charge >= 0.3 is 5.97 Å². The van der Waals surface area contributed by atoms with Crippen molar-refractivity contribution in [2.75, 3.05) is 5.88 Å². The van der Waals surface area contributed by atoms with Gasteiger partial charge < -0.3 is 10.4 Å². The first-order chi connectivity index (χ1) is 20.3. The summed E-state index contributed by atoms with van der Waals surface area (Å²) in [5.41, 5.74) is 2.26. The highest BCUT2D eigenvalue weighted by molar-refractivity contribution is 8.02. The van der Waals surface area contributed by atoms with Gasteiger partial charge in [0.2, 0.25) is 22.1 Å². The van der Waals surface area contributed by atoms with Crippen LogP contribution in [0.15, 0.2) is 64.5 Å². The number of Topliss-reactive ketones (excluding diaryl/α,β-unsaturated/α-hetero) is 1. The molecule has 0 aromatic heterocycles. The summed E-state index contributed by atoms with van der Waals surface area (Å²) in [5, 5.41) is 21.0. The Balaban J connectivity index is 1.59. The van der Waals surface area contributed by atoms with Gasteiger partial charge in [-0.15, -0.1) is 11.8 Å². The molecule has 2 aromatic rings. The molecule has 1 saturated heterocycles. The fraction of sp³-hybridized carbons (Fsp3) is 0.452. The summed E-state index contributed by atoms with van der Waals surface area (Å²) >= 11 is 1.32. The summed E-state index contributed by atoms with van der Waals surface area (Å²) in [6, 6.07) is 12.5. The molecule has 10 nitrogen and oxygen atoms in total. The third kappa shape index (κ3) is 9.48. The van der Waals surface area contributed by atoms with Gasteiger partial charge in [-0.2, -0.15) is 14.6 Å². The maximum atomic E-state index is 13.5. The highest BCUT2D eigenvalue weighted by Gasteiger charge is 2.51. The van der Waals surface area contributed by atoms with Crippen molar-refractivity contribution in [3.05, 3.63) is 65.7 Å². The van der Waals surface area contributed by atoms with E-state index in [2.05, 4.69) is 10.3 Å². The van der Waals surface area contributed by atoms with Crippen LogP contribution in [0.25, 0.3) is 0 Å². The van der Waals surface area contributed by atoms with Crippen LogP contribution < -0.4 is 5.32 Å². The molecule has 0 saturated carbocycles. The van der Waals surface area contributed by atoms with Gasteiger partial charge in [0.15, 0.2) is 0 Å². The standard InChI is InChI=1S/C31H38N4O6S2/c1-22(33-20-32)10-6-4-7-11-25(36)18-23-14-16-24(17-15-23)19-27(30(38)39)34-29(37)28-31(2,3)42-21-35(28)43(40,41)26-12-8-5-9-13-26/h5,8-9,12-17,27-28H,4,6-7,10-11,18-19,21H2,1-3H3,(H,34,37)(H,38,39)/t27?,28-/m1/s1. The minimum atomic E-state index is -3.99. The molecular weight excluding hydrogens is 588 g/mol. The number of carbonyl (C=O) groups is 3. The van der Waals surface area contributed by atoms with Crippen LogP contribution in [0.5, 0.6) is 0 Å². The number of hydrogen-bond donors (Lipinski definition) is 2. The predicted molar refractivity (Wildman–Crippen MR) is 166 cm³/mol. The number of nitrogens with zero attached hydrogens (tertiary/aromatic N) is 3. The van der Waals surface area contributed by atoms with Crippen LogP contribution in [-0.4, -0.2) is 63.9 Å². The number of aliphatic imine (C=N–C) groups is 1. The van der Waals surface area contributed by atoms with Crippen molar-refractivity contribution >= 4 is 45.2 Å². The quantitative estimate of drug-likeness (QED) is 0.168. The highest BCUT2D eigenvalue weighted by Crippen LogP contribution is 2.42. The molecule has 3 rings (SSSR count). The van der Waals surface area contributed by atoms with Crippen molar-refractivity contribution < 1.29 is 27.9 Å². The summed E-state index contributed by atoms with van der Waals surface area (Å²) in [6.07, 6.45) is 5.74. The summed E-state index contributed by atoms with van der Waals surface area (Å²) in [7, 11) is -3.99. The number of carbonyl (C=O) groups excluding carboxylic acids is 2. The Morgan fingerprint density at radius 2 is 1.70 bits per heavy atom. The Bertz CT molecular complexity index is 1470. The first kappa shape index (κ1) is 34.0. The van der Waals surface area contributed by atoms with E-state index < -0.39 is 38.7 Å². The number of unbranched alkanes of at least 4 members (excludes halogenated alkanes) is 2. The monoisotopic (exact) mass is 626 g/mol. The Morgan fingerprint density at radius 1 is 1.07 bits per heavy atom. The number of nitrogens with one attached hydrogen (secondary N) is 1. The number of aliphatic carboxylic acids is 1. The lowest BCUT2D eigenvalue weighted by molar-refractivity contribution is -0.142. The molecule has 1 fully saturated rings. The zero-order valence-electron chi connectivity index (χ0n) is 24.7. The number of carboxylic acids is 1. The normalized spacial score (nSPS) is 17.6. The molecule has 1 unspecified atom stereocenters. The molecule has 0 bridgehead atoms. The van der Waals surface area contributed by atoms with Crippen LogP contribution in [-0.2, 0) is 37.2 Å². The van der Waals surface area contributed by atoms with E-state index in [1.165, 1.54) is 23.9 Å². The molecule has 1 aliphatic rings. The molecule has 1 amide bonds. The van der Waals surface area contributed by atoms with Crippen molar-refractivity contribution in [1.29, 1.82) is 5.26 Å². The Labute approximate surface area is 257 Å². The van der Waals surface area contributed by atoms with Crippen molar-refractivity contribution in [3.63, 3.8) is 0 Å². The zero-order valence-corrected chi connectivity index (χ0v) is 26.3. The number of sulfonamides is 1. The van der Waals surface area contributed by atoms with E-state index in [9.17, 15) is 27.9 Å². The molecule has 2 aromatic carbocycles. The lowest BCUT2D eigenvalue weighted by Crippen LogP contribution is -2.56. The van der Waals surface area contributed by atoms with Crippen molar-refractivity contribution in [1.82, 2.24) is 9.62 Å². The largest absolute Gasteiger partial charge is 0.480 e. The maximum absolute atomic E-state index is 13.5. The van der Waals surface area contributed by atoms with E-state index in [1.54, 1.807) is 62.5 Å². The fourth-order valence-corrected chi connectivity index (χ4v) is 8.12. The lowest BCUT2D eigenvalue weighted by atomic mass is 9.99. The average molecular weight is 627 g/mol. The van der Waals surface area contributed by atoms with Crippen molar-refractivity contribution in [3.8, 4) is 6.19 Å². The van der Waals surface area contributed by atoms with E-state index in [1.807, 2.05) is 6.92 Å². The smallest absolute Gasteiger partial charge is 0.326 e. The molecule has 43 heavy (non-hydrogen) atoms. The van der Waals surface area contributed by atoms with Crippen LogP contribution in [0, 0.1) is 11.5 Å². The molecule has 1 heterocycles. The van der Waals surface area contributed by atoms with E-state index >= 15 is 0 Å². The van der Waals surface area contributed by atoms with E-state index in [0.717, 1.165) is 41.3 Å². The third-order valence-corrected chi connectivity index (χ3v) is 10.7. The SMILES string of the molecule is CC(CCCCCC(=O)Cc1ccc(CC(NC(=O)[C@H]2N(S(=O)(=O)c3ccccc3)CSC2(C)C)C(=O)O)cc1)=NC#N. The van der Waals surface area contributed by atoms with Gasteiger partial charge in [0, 0.05) is 29.7 Å². The summed E-state index contributed by atoms with van der Waals surface area (Å²) in [6.45, 7) is 5.35. The summed E-state index contributed by atoms with van der Waals surface area (Å²) in [5.74, 6) is -1.73. The number of carboxylic acid groups (broad SMARTS) is 1. The van der Waals surface area contributed by atoms with Crippen LogP contribution in [0.4, 0.5) is 0 Å². The van der Waals surface area contributed by atoms with Gasteiger partial charge in [-0.1, -0.05) is 48.9 Å². The summed E-state index contributed by atoms with van der Waals surface area (Å²) < 4.78 is 27.1. The second-order valence-electron chi connectivity index (χ2n) is 11.1. The van der Waals surface area contributed by atoms with Crippen molar-refractivity contribution in [2.45, 2.75) is 87.4 Å². The molecule has 1 aliphatic heterocycles. The topological polar surface area (TPSA) is 157 Å². The van der Waals surface area contributed by atoms with Gasteiger partial charge in [0.1, 0.15) is 17.9 Å². The van der Waals surface area contributed by atoms with Crippen molar-refractivity contribution in [2.24, 2.45) is 4.99 Å². The number of benzene rings is 2. The van der Waals surface area contributed by atoms with Gasteiger partial charge in [0.25, 0.3) is 0 Å². The molecule has 0 spiro atoms. The predicted octanol–water partition coefficient (Wildman–Crippen LogP) is 4.34. The average Bonchev–Trinajstić information content (AvgIpc) is 3.29. The van der Waals surface area contributed by atoms with E-state index in [-0.39, 0.29) is 29.4 Å². The molecular formula is C31H38N4O6S2. The highest BCUT2D eigenvalue weighted by atomic mass is 32.2. The lowest BCUT2D eigenvalue weighted by Gasteiger charge is -2.31. The van der Waals surface area contributed by atoms with Crippen LogP contribution in [0.1, 0.15) is 64.0 Å². The first-order valence-corrected chi connectivity index (χ1v) is 16.5. The van der Waals surface area contributed by atoms with E-state index in [4.69, 9.17) is 5.26 Å². The number of nitriles is 1. The second-order valence-corrected chi connectivity index (χ2v) is 14.6. The first-order valence-electron chi connectivity index (χ1n) is 14.1. The molecule has 0 aliphatic carbocycles. The van der Waals surface area contributed by atoms with Crippen LogP contribution in [0.2, 0.25) is 0 Å². The number of amides is 1. The maximum Gasteiger partial charge on any atom is 0.326 e. The minimum Gasteiger partial charge on any atom is -0.480 e. The van der Waals surface area contributed by atoms with Gasteiger partial charge in [0.05, 0.1) is 10.8 Å². The Hall–Kier alpha value is -3.53. The zero-order chi connectivity index (χ0) is 31.6. The Morgan fingerprint density at radius 3 is 2.33 bits per heavy atom.